The highest BCUT2D eigenvalue weighted by atomic mass is 16.5. The number of aliphatic hydroxyl groups excluding tert-OH is 8. The van der Waals surface area contributed by atoms with E-state index in [0.717, 1.165) is 11.1 Å². The minimum atomic E-state index is -1.63. The first kappa shape index (κ1) is 32.3. The largest absolute Gasteiger partial charge is 0.394 e. The van der Waals surface area contributed by atoms with Crippen LogP contribution in [0, 0.1) is 23.7 Å². The number of fused-ring (bicyclic) bond motifs is 3. The van der Waals surface area contributed by atoms with Crippen molar-refractivity contribution < 1.29 is 55.4 Å². The third-order valence-corrected chi connectivity index (χ3v) is 8.80. The monoisotopic (exact) mass is 630 g/mol. The van der Waals surface area contributed by atoms with Crippen molar-refractivity contribution in [2.75, 3.05) is 13.2 Å². The molecule has 6 rings (SSSR count). The van der Waals surface area contributed by atoms with Gasteiger partial charge in [-0.15, -0.1) is 0 Å². The lowest BCUT2D eigenvalue weighted by molar-refractivity contribution is -0.214. The van der Waals surface area contributed by atoms with Gasteiger partial charge in [0.05, 0.1) is 13.2 Å². The molecule has 0 aromatic heterocycles. The first-order valence-corrected chi connectivity index (χ1v) is 14.8. The average molecular weight is 631 g/mol. The average Bonchev–Trinajstić information content (AvgIpc) is 3.33. The van der Waals surface area contributed by atoms with Crippen molar-refractivity contribution in [3.05, 3.63) is 94.5 Å². The summed E-state index contributed by atoms with van der Waals surface area (Å²) in [4.78, 5) is 0. The van der Waals surface area contributed by atoms with Crippen molar-refractivity contribution in [2.24, 2.45) is 0 Å². The Kier molecular flexibility index (Phi) is 9.02. The SMILES string of the molecule is OCC1OC(C#Cc2ccc3c(c2)C(O)(c2ccccc2)c2cc(C#CC4OC(CO)C(O)C(O)C4O)ccc2-3)C(O)C(O)C1O. The van der Waals surface area contributed by atoms with Gasteiger partial charge in [0, 0.05) is 22.3 Å². The summed E-state index contributed by atoms with van der Waals surface area (Å²) >= 11 is 0. The summed E-state index contributed by atoms with van der Waals surface area (Å²) in [5, 5.41) is 92.6. The van der Waals surface area contributed by atoms with E-state index >= 15 is 0 Å². The molecule has 240 valence electrons. The Balaban J connectivity index is 1.36. The summed E-state index contributed by atoms with van der Waals surface area (Å²) in [5.74, 6) is 11.4. The van der Waals surface area contributed by atoms with Gasteiger partial charge in [0.2, 0.25) is 0 Å². The highest BCUT2D eigenvalue weighted by Gasteiger charge is 2.45. The molecule has 3 aliphatic rings. The van der Waals surface area contributed by atoms with Gasteiger partial charge in [-0.3, -0.25) is 0 Å². The fraction of sp³-hybridized carbons (Fsp3) is 0.371. The molecule has 2 fully saturated rings. The van der Waals surface area contributed by atoms with Crippen LogP contribution < -0.4 is 0 Å². The Bertz CT molecular complexity index is 1600. The van der Waals surface area contributed by atoms with Gasteiger partial charge in [0.1, 0.15) is 66.6 Å². The zero-order chi connectivity index (χ0) is 32.7. The van der Waals surface area contributed by atoms with Crippen LogP contribution in [0.1, 0.15) is 27.8 Å². The number of aliphatic hydroxyl groups is 9. The molecular weight excluding hydrogens is 596 g/mol. The molecule has 3 aromatic rings. The van der Waals surface area contributed by atoms with E-state index in [1.807, 2.05) is 18.2 Å². The zero-order valence-electron chi connectivity index (χ0n) is 24.4. The molecule has 2 heterocycles. The third-order valence-electron chi connectivity index (χ3n) is 8.80. The second-order valence-corrected chi connectivity index (χ2v) is 11.6. The molecule has 3 aromatic carbocycles. The first-order chi connectivity index (χ1) is 22.1. The van der Waals surface area contributed by atoms with Crippen LogP contribution >= 0.6 is 0 Å². The van der Waals surface area contributed by atoms with Crippen LogP contribution in [0.2, 0.25) is 0 Å². The van der Waals surface area contributed by atoms with Crippen LogP contribution in [0.4, 0.5) is 0 Å². The molecule has 0 saturated carbocycles. The number of ether oxygens (including phenoxy) is 2. The van der Waals surface area contributed by atoms with E-state index in [1.54, 1.807) is 48.5 Å². The van der Waals surface area contributed by atoms with Gasteiger partial charge in [0.15, 0.2) is 0 Å². The second kappa shape index (κ2) is 12.9. The number of benzene rings is 3. The van der Waals surface area contributed by atoms with E-state index in [-0.39, 0.29) is 0 Å². The predicted octanol–water partition coefficient (Wildman–Crippen LogP) is -1.66. The Labute approximate surface area is 264 Å². The molecule has 0 amide bonds. The zero-order valence-corrected chi connectivity index (χ0v) is 24.4. The molecule has 0 spiro atoms. The highest BCUT2D eigenvalue weighted by Crippen LogP contribution is 2.51. The standard InChI is InChI=1S/C35H34O11/c36-16-27-31(40)33(42)29(38)25(45-27)12-8-18-6-10-21-22-11-7-19(9-13-26-30(39)34(43)32(41)28(17-37)46-26)15-24(22)35(44,23(21)14-18)20-4-2-1-3-5-20/h1-7,10-11,14-15,25-34,36-44H,16-17H2. The summed E-state index contributed by atoms with van der Waals surface area (Å²) < 4.78 is 11.0. The third kappa shape index (κ3) is 5.52. The van der Waals surface area contributed by atoms with Crippen molar-refractivity contribution in [2.45, 2.75) is 66.6 Å². The van der Waals surface area contributed by atoms with Gasteiger partial charge in [-0.1, -0.05) is 66.1 Å². The van der Waals surface area contributed by atoms with E-state index in [1.165, 1.54) is 0 Å². The van der Waals surface area contributed by atoms with E-state index in [0.29, 0.717) is 27.8 Å². The molecule has 0 radical (unpaired) electrons. The van der Waals surface area contributed by atoms with Crippen LogP contribution in [-0.4, -0.2) is 120 Å². The minimum absolute atomic E-state index is 0.473. The molecule has 10 atom stereocenters. The van der Waals surface area contributed by atoms with E-state index in [4.69, 9.17) is 9.47 Å². The van der Waals surface area contributed by atoms with Crippen LogP contribution in [0.5, 0.6) is 0 Å². The van der Waals surface area contributed by atoms with E-state index in [9.17, 15) is 46.0 Å². The number of hydrogen-bond acceptors (Lipinski definition) is 11. The van der Waals surface area contributed by atoms with Crippen LogP contribution in [0.15, 0.2) is 66.7 Å². The summed E-state index contributed by atoms with van der Waals surface area (Å²) in [6, 6.07) is 19.6. The lowest BCUT2D eigenvalue weighted by atomic mass is 9.83. The van der Waals surface area contributed by atoms with Crippen molar-refractivity contribution in [1.29, 1.82) is 0 Å². The smallest absolute Gasteiger partial charge is 0.147 e. The molecule has 11 nitrogen and oxygen atoms in total. The minimum Gasteiger partial charge on any atom is -0.394 e. The summed E-state index contributed by atoms with van der Waals surface area (Å²) in [7, 11) is 0. The van der Waals surface area contributed by atoms with E-state index in [2.05, 4.69) is 23.7 Å². The van der Waals surface area contributed by atoms with Gasteiger partial charge in [-0.05, 0) is 41.0 Å². The van der Waals surface area contributed by atoms with Crippen molar-refractivity contribution in [3.63, 3.8) is 0 Å². The van der Waals surface area contributed by atoms with Crippen molar-refractivity contribution in [1.82, 2.24) is 0 Å². The molecule has 2 aliphatic heterocycles. The fourth-order valence-corrected chi connectivity index (χ4v) is 6.20. The Morgan fingerprint density at radius 3 is 1.41 bits per heavy atom. The fourth-order valence-electron chi connectivity index (χ4n) is 6.20. The highest BCUT2D eigenvalue weighted by molar-refractivity contribution is 5.83. The van der Waals surface area contributed by atoms with Gasteiger partial charge in [0.25, 0.3) is 0 Å². The quantitative estimate of drug-likeness (QED) is 0.150. The summed E-state index contributed by atoms with van der Waals surface area (Å²) in [6.45, 7) is -1.14. The Hall–Kier alpha value is -3.66. The molecule has 0 bridgehead atoms. The Morgan fingerprint density at radius 2 is 1.00 bits per heavy atom. The van der Waals surface area contributed by atoms with Gasteiger partial charge in [-0.2, -0.15) is 0 Å². The predicted molar refractivity (Wildman–Crippen MR) is 162 cm³/mol. The van der Waals surface area contributed by atoms with Crippen LogP contribution in [0.25, 0.3) is 11.1 Å². The van der Waals surface area contributed by atoms with Crippen LogP contribution in [0.3, 0.4) is 0 Å². The second-order valence-electron chi connectivity index (χ2n) is 11.6. The summed E-state index contributed by atoms with van der Waals surface area (Å²) in [5.41, 5.74) is 2.45. The number of rotatable bonds is 3. The molecule has 2 saturated heterocycles. The molecule has 10 unspecified atom stereocenters. The maximum atomic E-state index is 12.5. The molecule has 46 heavy (non-hydrogen) atoms. The maximum absolute atomic E-state index is 12.5. The van der Waals surface area contributed by atoms with Crippen LogP contribution in [-0.2, 0) is 15.1 Å². The van der Waals surface area contributed by atoms with Crippen molar-refractivity contribution in [3.8, 4) is 34.8 Å². The lowest BCUT2D eigenvalue weighted by Gasteiger charge is -2.37. The Morgan fingerprint density at radius 1 is 0.565 bits per heavy atom. The topological polar surface area (TPSA) is 201 Å². The molecule has 9 N–H and O–H groups in total. The van der Waals surface area contributed by atoms with Gasteiger partial charge >= 0.3 is 0 Å². The molecule has 1 aliphatic carbocycles. The van der Waals surface area contributed by atoms with Crippen molar-refractivity contribution >= 4 is 0 Å². The van der Waals surface area contributed by atoms with Gasteiger partial charge in [-0.25, -0.2) is 0 Å². The first-order valence-electron chi connectivity index (χ1n) is 14.8. The number of hydrogen-bond donors (Lipinski definition) is 9. The van der Waals surface area contributed by atoms with E-state index < -0.39 is 79.9 Å². The molecular formula is C35H34O11. The normalized spacial score (nSPS) is 34.8. The maximum Gasteiger partial charge on any atom is 0.147 e. The lowest BCUT2D eigenvalue weighted by Crippen LogP contribution is -2.58. The molecule has 11 heteroatoms. The summed E-state index contributed by atoms with van der Waals surface area (Å²) in [6.07, 6.45) is -13.7. The van der Waals surface area contributed by atoms with Gasteiger partial charge < -0.3 is 55.4 Å².